The molecule has 8 heteroatoms. The van der Waals surface area contributed by atoms with Gasteiger partial charge in [0.15, 0.2) is 5.60 Å². The van der Waals surface area contributed by atoms with Crippen LogP contribution in [0.5, 0.6) is 0 Å². The first kappa shape index (κ1) is 26.6. The predicted octanol–water partition coefficient (Wildman–Crippen LogP) is 7.40. The maximum Gasteiger partial charge on any atom is 0.332 e. The van der Waals surface area contributed by atoms with Gasteiger partial charge in [-0.1, -0.05) is 65.7 Å². The molecule has 0 N–H and O–H groups in total. The van der Waals surface area contributed by atoms with Crippen LogP contribution in [-0.2, 0) is 24.0 Å². The van der Waals surface area contributed by atoms with Gasteiger partial charge >= 0.3 is 7.60 Å². The number of benzene rings is 3. The lowest BCUT2D eigenvalue weighted by molar-refractivity contribution is -0.000259. The van der Waals surface area contributed by atoms with Crippen molar-refractivity contribution >= 4 is 36.6 Å². The molecule has 0 spiro atoms. The Morgan fingerprint density at radius 3 is 1.82 bits per heavy atom. The number of carbonyl (C=O) groups excluding carboxylic acids is 1. The number of carbonyl (C=O) groups is 1. The molecule has 0 fully saturated rings. The lowest BCUT2D eigenvalue weighted by Crippen LogP contribution is -2.41. The van der Waals surface area contributed by atoms with Gasteiger partial charge in [-0.2, -0.15) is 0 Å². The molecule has 0 saturated heterocycles. The van der Waals surface area contributed by atoms with Crippen molar-refractivity contribution in [2.24, 2.45) is 0 Å². The predicted molar refractivity (Wildman–Crippen MR) is 136 cm³/mol. The van der Waals surface area contributed by atoms with Gasteiger partial charge in [-0.25, -0.2) is 0 Å². The van der Waals surface area contributed by atoms with Crippen LogP contribution in [0.1, 0.15) is 35.3 Å². The van der Waals surface area contributed by atoms with Gasteiger partial charge in [0, 0.05) is 15.6 Å². The van der Waals surface area contributed by atoms with Gasteiger partial charge in [0.1, 0.15) is 0 Å². The Morgan fingerprint density at radius 1 is 0.794 bits per heavy atom. The summed E-state index contributed by atoms with van der Waals surface area (Å²) in [5.41, 5.74) is 0.106. The third-order valence-electron chi connectivity index (χ3n) is 5.19. The standard InChI is InChI=1S/C26H27Cl2O5P/c1-3-32-34(30,33-4-2)19-18-31-26(21-8-6-5-7-9-21,22-12-16-24(28)17-13-22)25(29)20-10-14-23(27)15-11-20/h5-17H,3-4,18-19H2,1-2H3. The summed E-state index contributed by atoms with van der Waals surface area (Å²) in [7, 11) is -3.38. The number of hydrogen-bond acceptors (Lipinski definition) is 5. The van der Waals surface area contributed by atoms with Crippen LogP contribution in [0.3, 0.4) is 0 Å². The Balaban J connectivity index is 2.11. The number of rotatable bonds is 12. The highest BCUT2D eigenvalue weighted by Gasteiger charge is 2.44. The molecule has 0 saturated carbocycles. The van der Waals surface area contributed by atoms with Crippen molar-refractivity contribution in [3.05, 3.63) is 106 Å². The topological polar surface area (TPSA) is 61.8 Å². The highest BCUT2D eigenvalue weighted by atomic mass is 35.5. The molecular formula is C26H27Cl2O5P. The van der Waals surface area contributed by atoms with Gasteiger partial charge in [0.25, 0.3) is 0 Å². The second-order valence-corrected chi connectivity index (χ2v) is 10.5. The fraction of sp³-hybridized carbons (Fsp3) is 0.269. The molecule has 0 bridgehead atoms. The fourth-order valence-corrected chi connectivity index (χ4v) is 5.38. The summed E-state index contributed by atoms with van der Waals surface area (Å²) < 4.78 is 30.3. The van der Waals surface area contributed by atoms with E-state index >= 15 is 0 Å². The molecule has 180 valence electrons. The monoisotopic (exact) mass is 520 g/mol. The molecule has 0 amide bonds. The molecule has 0 aliphatic rings. The molecule has 0 aliphatic carbocycles. The van der Waals surface area contributed by atoms with Gasteiger partial charge in [-0.05, 0) is 61.4 Å². The van der Waals surface area contributed by atoms with E-state index in [-0.39, 0.29) is 31.8 Å². The Morgan fingerprint density at radius 2 is 1.29 bits per heavy atom. The molecule has 34 heavy (non-hydrogen) atoms. The Kier molecular flexibility index (Phi) is 9.49. The van der Waals surface area contributed by atoms with Crippen molar-refractivity contribution in [1.29, 1.82) is 0 Å². The molecule has 1 unspecified atom stereocenters. The summed E-state index contributed by atoms with van der Waals surface area (Å²) in [5, 5.41) is 1.05. The van der Waals surface area contributed by atoms with E-state index in [0.29, 0.717) is 26.7 Å². The van der Waals surface area contributed by atoms with Crippen molar-refractivity contribution in [2.75, 3.05) is 26.0 Å². The minimum Gasteiger partial charge on any atom is -0.357 e. The molecule has 0 heterocycles. The van der Waals surface area contributed by atoms with Crippen molar-refractivity contribution in [1.82, 2.24) is 0 Å². The van der Waals surface area contributed by atoms with Crippen LogP contribution in [-0.4, -0.2) is 31.8 Å². The minimum atomic E-state index is -3.38. The molecule has 0 radical (unpaired) electrons. The molecule has 1 atom stereocenters. The fourth-order valence-electron chi connectivity index (χ4n) is 3.69. The maximum absolute atomic E-state index is 14.1. The summed E-state index contributed by atoms with van der Waals surface area (Å²) in [6.07, 6.45) is -0.00918. The van der Waals surface area contributed by atoms with E-state index in [1.54, 1.807) is 62.4 Å². The lowest BCUT2D eigenvalue weighted by Gasteiger charge is -2.34. The first-order chi connectivity index (χ1) is 16.3. The van der Waals surface area contributed by atoms with E-state index in [4.69, 9.17) is 37.0 Å². The quantitative estimate of drug-likeness (QED) is 0.184. The van der Waals surface area contributed by atoms with Crippen LogP contribution >= 0.6 is 30.8 Å². The van der Waals surface area contributed by atoms with E-state index in [2.05, 4.69) is 0 Å². The highest BCUT2D eigenvalue weighted by Crippen LogP contribution is 2.48. The van der Waals surface area contributed by atoms with Crippen LogP contribution in [0.2, 0.25) is 10.0 Å². The molecule has 0 aliphatic heterocycles. The van der Waals surface area contributed by atoms with Crippen LogP contribution in [0.4, 0.5) is 0 Å². The average molecular weight is 521 g/mol. The zero-order valence-electron chi connectivity index (χ0n) is 19.1. The molecule has 3 aromatic carbocycles. The lowest BCUT2D eigenvalue weighted by atomic mass is 9.80. The molecule has 3 rings (SSSR count). The van der Waals surface area contributed by atoms with Crippen LogP contribution in [0.25, 0.3) is 0 Å². The molecular weight excluding hydrogens is 494 g/mol. The Labute approximate surface area is 210 Å². The second kappa shape index (κ2) is 12.1. The summed E-state index contributed by atoms with van der Waals surface area (Å²) >= 11 is 12.2. The summed E-state index contributed by atoms with van der Waals surface area (Å²) in [6, 6.07) is 22.8. The number of halogens is 2. The van der Waals surface area contributed by atoms with Crippen LogP contribution < -0.4 is 0 Å². The van der Waals surface area contributed by atoms with Crippen molar-refractivity contribution in [3.63, 3.8) is 0 Å². The van der Waals surface area contributed by atoms with Gasteiger partial charge in [-0.15, -0.1) is 0 Å². The summed E-state index contributed by atoms with van der Waals surface area (Å²) in [4.78, 5) is 14.1. The molecule has 5 nitrogen and oxygen atoms in total. The summed E-state index contributed by atoms with van der Waals surface area (Å²) in [6.45, 7) is 3.93. The number of hydrogen-bond donors (Lipinski definition) is 0. The van der Waals surface area contributed by atoms with Crippen molar-refractivity contribution in [3.8, 4) is 0 Å². The van der Waals surface area contributed by atoms with Crippen LogP contribution in [0.15, 0.2) is 78.9 Å². The third-order valence-corrected chi connectivity index (χ3v) is 7.73. The third kappa shape index (κ3) is 6.17. The van der Waals surface area contributed by atoms with E-state index in [9.17, 15) is 9.36 Å². The van der Waals surface area contributed by atoms with E-state index in [1.165, 1.54) is 0 Å². The largest absolute Gasteiger partial charge is 0.357 e. The van der Waals surface area contributed by atoms with Gasteiger partial charge in [0.2, 0.25) is 5.78 Å². The van der Waals surface area contributed by atoms with Crippen molar-refractivity contribution in [2.45, 2.75) is 19.4 Å². The smallest absolute Gasteiger partial charge is 0.332 e. The zero-order valence-corrected chi connectivity index (χ0v) is 21.5. The van der Waals surface area contributed by atoms with Gasteiger partial charge in [0.05, 0.1) is 26.0 Å². The number of ether oxygens (including phenoxy) is 1. The average Bonchev–Trinajstić information content (AvgIpc) is 2.84. The zero-order chi connectivity index (χ0) is 24.6. The Bertz CT molecular complexity index is 1110. The van der Waals surface area contributed by atoms with E-state index in [0.717, 1.165) is 0 Å². The second-order valence-electron chi connectivity index (χ2n) is 7.41. The minimum absolute atomic E-state index is 0.00918. The SMILES string of the molecule is CCOP(=O)(CCOC(C(=O)c1ccc(Cl)cc1)(c1ccccc1)c1ccc(Cl)cc1)OCC. The highest BCUT2D eigenvalue weighted by molar-refractivity contribution is 7.53. The van der Waals surface area contributed by atoms with Gasteiger partial charge < -0.3 is 13.8 Å². The number of ketones is 1. The molecule has 3 aromatic rings. The van der Waals surface area contributed by atoms with E-state index < -0.39 is 13.2 Å². The number of Topliss-reactive ketones (excluding diaryl/α,β-unsaturated/α-hetero) is 1. The molecule has 0 aromatic heterocycles. The van der Waals surface area contributed by atoms with Gasteiger partial charge in [-0.3, -0.25) is 9.36 Å². The normalized spacial score (nSPS) is 13.4. The Hall–Kier alpha value is -1.98. The first-order valence-corrected chi connectivity index (χ1v) is 13.5. The van der Waals surface area contributed by atoms with Crippen molar-refractivity contribution < 1.29 is 23.1 Å². The van der Waals surface area contributed by atoms with Crippen LogP contribution in [0, 0.1) is 0 Å². The van der Waals surface area contributed by atoms with E-state index in [1.807, 2.05) is 30.3 Å². The first-order valence-electron chi connectivity index (χ1n) is 11.0. The summed E-state index contributed by atoms with van der Waals surface area (Å²) in [5.74, 6) is -0.291. The maximum atomic E-state index is 14.1.